The molecule has 1 aromatic rings. The van der Waals surface area contributed by atoms with Crippen LogP contribution in [0.5, 0.6) is 0 Å². The summed E-state index contributed by atoms with van der Waals surface area (Å²) in [4.78, 5) is 12.3. The second-order valence-corrected chi connectivity index (χ2v) is 4.96. The van der Waals surface area contributed by atoms with Gasteiger partial charge in [-0.05, 0) is 33.1 Å². The van der Waals surface area contributed by atoms with Crippen molar-refractivity contribution in [3.8, 4) is 0 Å². The van der Waals surface area contributed by atoms with Crippen LogP contribution >= 0.6 is 0 Å². The Hall–Kier alpha value is -1.63. The van der Waals surface area contributed by atoms with E-state index in [9.17, 15) is 13.9 Å². The highest BCUT2D eigenvalue weighted by atomic mass is 19.1. The molecular formula is C13H18F2N4O. The number of aromatic nitrogens is 3. The molecule has 0 aliphatic heterocycles. The molecule has 0 saturated heterocycles. The van der Waals surface area contributed by atoms with Crippen LogP contribution in [-0.4, -0.2) is 38.9 Å². The first-order valence-electron chi connectivity index (χ1n) is 6.63. The number of nitrogens with one attached hydrogen (secondary N) is 1. The van der Waals surface area contributed by atoms with Crippen molar-refractivity contribution in [2.75, 3.05) is 12.0 Å². The number of aliphatic hydroxyl groups is 1. The molecular weight excluding hydrogens is 266 g/mol. The van der Waals surface area contributed by atoms with Crippen LogP contribution in [0.4, 0.5) is 14.7 Å². The Labute approximate surface area is 116 Å². The summed E-state index contributed by atoms with van der Waals surface area (Å²) in [5, 5.41) is 12.4. The first-order valence-corrected chi connectivity index (χ1v) is 6.63. The third-order valence-corrected chi connectivity index (χ3v) is 3.11. The van der Waals surface area contributed by atoms with Crippen LogP contribution in [0.1, 0.15) is 37.8 Å². The monoisotopic (exact) mass is 284 g/mol. The maximum atomic E-state index is 14.0. The topological polar surface area (TPSA) is 70.9 Å². The largest absolute Gasteiger partial charge is 0.386 e. The molecule has 0 fully saturated rings. The minimum atomic E-state index is -1.09. The zero-order valence-corrected chi connectivity index (χ0v) is 11.5. The zero-order chi connectivity index (χ0) is 14.7. The lowest BCUT2D eigenvalue weighted by atomic mass is 9.96. The van der Waals surface area contributed by atoms with Crippen molar-refractivity contribution in [3.63, 3.8) is 0 Å². The predicted octanol–water partition coefficient (Wildman–Crippen LogP) is 2.18. The Morgan fingerprint density at radius 3 is 2.85 bits per heavy atom. The number of allylic oxidation sites excluding steroid dienone is 1. The molecule has 0 bridgehead atoms. The summed E-state index contributed by atoms with van der Waals surface area (Å²) in [5.74, 6) is 0.274. The van der Waals surface area contributed by atoms with Crippen LogP contribution < -0.4 is 5.32 Å². The SMILES string of the molecule is Cc1nc(N[C@@H](C)CF)nc(C2=C(F)C(O)CCC2)n1. The van der Waals surface area contributed by atoms with E-state index in [2.05, 4.69) is 20.3 Å². The standard InChI is InChI=1S/C13H18F2N4O/c1-7(6-14)16-13-18-8(2)17-12(19-13)9-4-3-5-10(20)11(9)15/h7,10,20H,3-6H2,1-2H3,(H,16,17,18,19)/t7-,10?/m0/s1. The molecule has 5 nitrogen and oxygen atoms in total. The Morgan fingerprint density at radius 2 is 2.15 bits per heavy atom. The molecule has 2 atom stereocenters. The van der Waals surface area contributed by atoms with E-state index in [-0.39, 0.29) is 11.8 Å². The number of halogens is 2. The summed E-state index contributed by atoms with van der Waals surface area (Å²) < 4.78 is 26.5. The average molecular weight is 284 g/mol. The van der Waals surface area contributed by atoms with Crippen molar-refractivity contribution in [3.05, 3.63) is 17.5 Å². The van der Waals surface area contributed by atoms with E-state index in [4.69, 9.17) is 0 Å². The van der Waals surface area contributed by atoms with Crippen LogP contribution in [0, 0.1) is 6.92 Å². The lowest BCUT2D eigenvalue weighted by Gasteiger charge is -2.19. The van der Waals surface area contributed by atoms with Gasteiger partial charge in [-0.15, -0.1) is 0 Å². The molecule has 2 N–H and O–H groups in total. The van der Waals surface area contributed by atoms with E-state index in [0.717, 1.165) is 0 Å². The van der Waals surface area contributed by atoms with Gasteiger partial charge < -0.3 is 10.4 Å². The number of alkyl halides is 1. The summed E-state index contributed by atoms with van der Waals surface area (Å²) >= 11 is 0. The van der Waals surface area contributed by atoms with Crippen molar-refractivity contribution >= 4 is 11.5 Å². The van der Waals surface area contributed by atoms with E-state index < -0.39 is 24.6 Å². The van der Waals surface area contributed by atoms with Gasteiger partial charge in [0.15, 0.2) is 5.82 Å². The zero-order valence-electron chi connectivity index (χ0n) is 11.5. The van der Waals surface area contributed by atoms with Gasteiger partial charge in [0.25, 0.3) is 0 Å². The van der Waals surface area contributed by atoms with Crippen LogP contribution in [0.25, 0.3) is 5.57 Å². The second kappa shape index (κ2) is 6.21. The molecule has 0 radical (unpaired) electrons. The maximum absolute atomic E-state index is 14.0. The minimum absolute atomic E-state index is 0.210. The third-order valence-electron chi connectivity index (χ3n) is 3.11. The van der Waals surface area contributed by atoms with E-state index in [1.165, 1.54) is 0 Å². The fourth-order valence-electron chi connectivity index (χ4n) is 2.08. The van der Waals surface area contributed by atoms with Crippen LogP contribution in [-0.2, 0) is 0 Å². The number of aryl methyl sites for hydroxylation is 1. The van der Waals surface area contributed by atoms with Crippen LogP contribution in [0.15, 0.2) is 5.83 Å². The molecule has 0 amide bonds. The first-order chi connectivity index (χ1) is 9.51. The molecule has 1 aliphatic rings. The van der Waals surface area contributed by atoms with Gasteiger partial charge in [-0.1, -0.05) is 0 Å². The van der Waals surface area contributed by atoms with Gasteiger partial charge in [-0.3, -0.25) is 0 Å². The Kier molecular flexibility index (Phi) is 4.59. The van der Waals surface area contributed by atoms with Crippen LogP contribution in [0.2, 0.25) is 0 Å². The number of rotatable bonds is 4. The Balaban J connectivity index is 2.34. The Bertz CT molecular complexity index is 521. The highest BCUT2D eigenvalue weighted by Gasteiger charge is 2.24. The fraction of sp³-hybridized carbons (Fsp3) is 0.615. The summed E-state index contributed by atoms with van der Waals surface area (Å²) in [6.45, 7) is 2.76. The van der Waals surface area contributed by atoms with Gasteiger partial charge in [0.05, 0.1) is 6.04 Å². The van der Waals surface area contributed by atoms with E-state index >= 15 is 0 Å². The molecule has 20 heavy (non-hydrogen) atoms. The van der Waals surface area contributed by atoms with Gasteiger partial charge in [0.2, 0.25) is 5.95 Å². The third kappa shape index (κ3) is 3.27. The number of nitrogens with zero attached hydrogens (tertiary/aromatic N) is 3. The number of hydrogen-bond acceptors (Lipinski definition) is 5. The molecule has 1 unspecified atom stereocenters. The molecule has 0 saturated carbocycles. The second-order valence-electron chi connectivity index (χ2n) is 4.96. The molecule has 7 heteroatoms. The minimum Gasteiger partial charge on any atom is -0.386 e. The van der Waals surface area contributed by atoms with Gasteiger partial charge in [-0.25, -0.2) is 13.8 Å². The van der Waals surface area contributed by atoms with Gasteiger partial charge in [0.1, 0.15) is 24.4 Å². The fourth-order valence-corrected chi connectivity index (χ4v) is 2.08. The van der Waals surface area contributed by atoms with Crippen molar-refractivity contribution in [2.45, 2.75) is 45.3 Å². The van der Waals surface area contributed by atoms with E-state index in [1.807, 2.05) is 0 Å². The highest BCUT2D eigenvalue weighted by Crippen LogP contribution is 2.31. The summed E-state index contributed by atoms with van der Waals surface area (Å²) in [6.07, 6.45) is 0.476. The highest BCUT2D eigenvalue weighted by molar-refractivity contribution is 5.64. The average Bonchev–Trinajstić information content (AvgIpc) is 2.41. The first kappa shape index (κ1) is 14.8. The van der Waals surface area contributed by atoms with Crippen molar-refractivity contribution in [1.29, 1.82) is 0 Å². The lowest BCUT2D eigenvalue weighted by molar-refractivity contribution is 0.165. The van der Waals surface area contributed by atoms with Crippen molar-refractivity contribution < 1.29 is 13.9 Å². The molecule has 1 aromatic heterocycles. The van der Waals surface area contributed by atoms with E-state index in [1.54, 1.807) is 13.8 Å². The van der Waals surface area contributed by atoms with Crippen LogP contribution in [0.3, 0.4) is 0 Å². The number of hydrogen-bond donors (Lipinski definition) is 2. The Morgan fingerprint density at radius 1 is 1.40 bits per heavy atom. The summed E-state index contributed by atoms with van der Waals surface area (Å²) in [5.41, 5.74) is 0.310. The quantitative estimate of drug-likeness (QED) is 0.886. The summed E-state index contributed by atoms with van der Waals surface area (Å²) in [7, 11) is 0. The summed E-state index contributed by atoms with van der Waals surface area (Å²) in [6, 6.07) is -0.430. The van der Waals surface area contributed by atoms with Gasteiger partial charge >= 0.3 is 0 Å². The normalized spacial score (nSPS) is 20.9. The molecule has 110 valence electrons. The molecule has 0 spiro atoms. The predicted molar refractivity (Wildman–Crippen MR) is 71.5 cm³/mol. The molecule has 2 rings (SSSR count). The maximum Gasteiger partial charge on any atom is 0.226 e. The van der Waals surface area contributed by atoms with Gasteiger partial charge in [0, 0.05) is 5.57 Å². The van der Waals surface area contributed by atoms with Crippen molar-refractivity contribution in [2.24, 2.45) is 0 Å². The number of aliphatic hydroxyl groups excluding tert-OH is 1. The smallest absolute Gasteiger partial charge is 0.226 e. The molecule has 0 aromatic carbocycles. The van der Waals surface area contributed by atoms with Gasteiger partial charge in [-0.2, -0.15) is 9.97 Å². The molecule has 1 aliphatic carbocycles. The van der Waals surface area contributed by atoms with E-state index in [0.29, 0.717) is 30.7 Å². The van der Waals surface area contributed by atoms with Crippen molar-refractivity contribution in [1.82, 2.24) is 15.0 Å². The number of anilines is 1. The molecule has 1 heterocycles. The lowest BCUT2D eigenvalue weighted by Crippen LogP contribution is -2.21.